The van der Waals surface area contributed by atoms with Crippen LogP contribution in [0.5, 0.6) is 0 Å². The number of carbonyl (C=O) groups is 1. The second-order valence-corrected chi connectivity index (χ2v) is 4.36. The summed E-state index contributed by atoms with van der Waals surface area (Å²) in [5, 5.41) is 8.53. The van der Waals surface area contributed by atoms with Crippen LogP contribution in [0.1, 0.15) is 24.3 Å². The van der Waals surface area contributed by atoms with Gasteiger partial charge >= 0.3 is 5.97 Å². The Bertz CT molecular complexity index is 344. The Balaban J connectivity index is 1.68. The molecular formula is C13H17NO2. The molecular weight excluding hydrogens is 202 g/mol. The summed E-state index contributed by atoms with van der Waals surface area (Å²) in [4.78, 5) is 12.7. The van der Waals surface area contributed by atoms with Gasteiger partial charge in [0.15, 0.2) is 0 Å². The maximum Gasteiger partial charge on any atom is 0.303 e. The molecule has 1 aromatic carbocycles. The summed E-state index contributed by atoms with van der Waals surface area (Å²) in [7, 11) is 0. The van der Waals surface area contributed by atoms with Crippen molar-refractivity contribution < 1.29 is 9.90 Å². The van der Waals surface area contributed by atoms with Crippen molar-refractivity contribution >= 4 is 5.97 Å². The first-order valence-electron chi connectivity index (χ1n) is 5.75. The quantitative estimate of drug-likeness (QED) is 0.823. The van der Waals surface area contributed by atoms with E-state index in [0.29, 0.717) is 5.92 Å². The molecule has 0 bridgehead atoms. The fraction of sp³-hybridized carbons (Fsp3) is 0.462. The van der Waals surface area contributed by atoms with Crippen LogP contribution in [0.4, 0.5) is 0 Å². The number of nitrogens with zero attached hydrogens (tertiary/aromatic N) is 1. The predicted octanol–water partition coefficient (Wildman–Crippen LogP) is 1.95. The van der Waals surface area contributed by atoms with Crippen molar-refractivity contribution in [1.29, 1.82) is 0 Å². The van der Waals surface area contributed by atoms with E-state index in [1.807, 2.05) is 6.07 Å². The molecule has 0 unspecified atom stereocenters. The molecule has 86 valence electrons. The van der Waals surface area contributed by atoms with Gasteiger partial charge in [-0.1, -0.05) is 30.3 Å². The van der Waals surface area contributed by atoms with Crippen LogP contribution in [0.15, 0.2) is 30.3 Å². The highest BCUT2D eigenvalue weighted by molar-refractivity contribution is 5.66. The molecule has 16 heavy (non-hydrogen) atoms. The van der Waals surface area contributed by atoms with Crippen LogP contribution in [-0.2, 0) is 4.79 Å². The third-order valence-corrected chi connectivity index (χ3v) is 3.09. The minimum absolute atomic E-state index is 0.284. The van der Waals surface area contributed by atoms with Crippen molar-refractivity contribution in [2.24, 2.45) is 0 Å². The summed E-state index contributed by atoms with van der Waals surface area (Å²) in [5.41, 5.74) is 1.40. The summed E-state index contributed by atoms with van der Waals surface area (Å²) in [5.74, 6) is -0.0499. The van der Waals surface area contributed by atoms with Gasteiger partial charge in [-0.05, 0) is 18.5 Å². The molecule has 0 amide bonds. The van der Waals surface area contributed by atoms with Crippen LogP contribution in [0.3, 0.4) is 0 Å². The van der Waals surface area contributed by atoms with Gasteiger partial charge in [-0.15, -0.1) is 0 Å². The van der Waals surface area contributed by atoms with Crippen molar-refractivity contribution in [3.63, 3.8) is 0 Å². The molecule has 1 N–H and O–H groups in total. The van der Waals surface area contributed by atoms with Gasteiger partial charge in [0.25, 0.3) is 0 Å². The zero-order valence-corrected chi connectivity index (χ0v) is 9.30. The third kappa shape index (κ3) is 2.83. The lowest BCUT2D eigenvalue weighted by Gasteiger charge is -2.39. The van der Waals surface area contributed by atoms with Crippen molar-refractivity contribution in [1.82, 2.24) is 4.90 Å². The SMILES string of the molecule is O=C(O)CCCN1CC(c2ccccc2)C1. The molecule has 1 aliphatic rings. The molecule has 0 aliphatic carbocycles. The molecule has 2 rings (SSSR count). The molecule has 0 saturated carbocycles. The van der Waals surface area contributed by atoms with Crippen LogP contribution in [-0.4, -0.2) is 35.6 Å². The molecule has 0 aromatic heterocycles. The summed E-state index contributed by atoms with van der Waals surface area (Å²) in [6, 6.07) is 10.5. The molecule has 1 aromatic rings. The number of aliphatic carboxylic acids is 1. The van der Waals surface area contributed by atoms with Crippen molar-refractivity contribution in [3.05, 3.63) is 35.9 Å². The largest absolute Gasteiger partial charge is 0.481 e. The zero-order chi connectivity index (χ0) is 11.4. The van der Waals surface area contributed by atoms with Gasteiger partial charge in [-0.3, -0.25) is 4.79 Å². The Morgan fingerprint density at radius 3 is 2.62 bits per heavy atom. The second-order valence-electron chi connectivity index (χ2n) is 4.36. The highest BCUT2D eigenvalue weighted by Gasteiger charge is 2.27. The molecule has 0 atom stereocenters. The van der Waals surface area contributed by atoms with Gasteiger partial charge in [-0.2, -0.15) is 0 Å². The third-order valence-electron chi connectivity index (χ3n) is 3.09. The fourth-order valence-electron chi connectivity index (χ4n) is 2.14. The first-order chi connectivity index (χ1) is 7.75. The average molecular weight is 219 g/mol. The maximum absolute atomic E-state index is 10.4. The normalized spacial score (nSPS) is 17.0. The van der Waals surface area contributed by atoms with Gasteiger partial charge in [0, 0.05) is 25.4 Å². The molecule has 3 heteroatoms. The van der Waals surface area contributed by atoms with Crippen LogP contribution < -0.4 is 0 Å². The van der Waals surface area contributed by atoms with E-state index in [-0.39, 0.29) is 6.42 Å². The topological polar surface area (TPSA) is 40.5 Å². The van der Waals surface area contributed by atoms with E-state index in [1.54, 1.807) is 0 Å². The average Bonchev–Trinajstić information content (AvgIpc) is 2.22. The number of likely N-dealkylation sites (tertiary alicyclic amines) is 1. The Hall–Kier alpha value is -1.35. The minimum atomic E-state index is -0.694. The lowest BCUT2D eigenvalue weighted by atomic mass is 9.91. The first-order valence-corrected chi connectivity index (χ1v) is 5.75. The lowest BCUT2D eigenvalue weighted by Crippen LogP contribution is -2.45. The summed E-state index contributed by atoms with van der Waals surface area (Å²) in [6.45, 7) is 3.06. The Morgan fingerprint density at radius 2 is 2.00 bits per heavy atom. The number of hydrogen-bond acceptors (Lipinski definition) is 2. The predicted molar refractivity (Wildman–Crippen MR) is 62.5 cm³/mol. The van der Waals surface area contributed by atoms with E-state index in [0.717, 1.165) is 26.1 Å². The monoisotopic (exact) mass is 219 g/mol. The van der Waals surface area contributed by atoms with Crippen molar-refractivity contribution in [2.45, 2.75) is 18.8 Å². The van der Waals surface area contributed by atoms with E-state index in [2.05, 4.69) is 29.2 Å². The van der Waals surface area contributed by atoms with Crippen LogP contribution in [0.25, 0.3) is 0 Å². The standard InChI is InChI=1S/C13H17NO2/c15-13(16)7-4-8-14-9-12(10-14)11-5-2-1-3-6-11/h1-3,5-6,12H,4,7-10H2,(H,15,16). The summed E-state index contributed by atoms with van der Waals surface area (Å²) in [6.07, 6.45) is 1.04. The number of rotatable bonds is 5. The van der Waals surface area contributed by atoms with Crippen LogP contribution in [0.2, 0.25) is 0 Å². The zero-order valence-electron chi connectivity index (χ0n) is 9.30. The van der Waals surface area contributed by atoms with Gasteiger partial charge in [0.05, 0.1) is 0 Å². The van der Waals surface area contributed by atoms with Gasteiger partial charge in [0.1, 0.15) is 0 Å². The van der Waals surface area contributed by atoms with Crippen LogP contribution in [0, 0.1) is 0 Å². The van der Waals surface area contributed by atoms with E-state index in [4.69, 9.17) is 5.11 Å². The van der Waals surface area contributed by atoms with Gasteiger partial charge < -0.3 is 10.0 Å². The highest BCUT2D eigenvalue weighted by atomic mass is 16.4. The minimum Gasteiger partial charge on any atom is -0.481 e. The molecule has 1 fully saturated rings. The van der Waals surface area contributed by atoms with Crippen molar-refractivity contribution in [2.75, 3.05) is 19.6 Å². The molecule has 0 radical (unpaired) electrons. The van der Waals surface area contributed by atoms with E-state index in [9.17, 15) is 4.79 Å². The summed E-state index contributed by atoms with van der Waals surface area (Å²) < 4.78 is 0. The maximum atomic E-state index is 10.4. The number of benzene rings is 1. The lowest BCUT2D eigenvalue weighted by molar-refractivity contribution is -0.137. The smallest absolute Gasteiger partial charge is 0.303 e. The molecule has 0 spiro atoms. The van der Waals surface area contributed by atoms with E-state index >= 15 is 0 Å². The fourth-order valence-corrected chi connectivity index (χ4v) is 2.14. The van der Waals surface area contributed by atoms with E-state index < -0.39 is 5.97 Å². The number of hydrogen-bond donors (Lipinski definition) is 1. The Morgan fingerprint density at radius 1 is 1.31 bits per heavy atom. The summed E-state index contributed by atoms with van der Waals surface area (Å²) >= 11 is 0. The van der Waals surface area contributed by atoms with Crippen molar-refractivity contribution in [3.8, 4) is 0 Å². The van der Waals surface area contributed by atoms with Gasteiger partial charge in [-0.25, -0.2) is 0 Å². The highest BCUT2D eigenvalue weighted by Crippen LogP contribution is 2.26. The molecule has 1 saturated heterocycles. The number of carboxylic acid groups (broad SMARTS) is 1. The number of carboxylic acids is 1. The molecule has 1 aliphatic heterocycles. The second kappa shape index (κ2) is 5.12. The first kappa shape index (κ1) is 11.1. The Labute approximate surface area is 95.7 Å². The van der Waals surface area contributed by atoms with Crippen LogP contribution >= 0.6 is 0 Å². The Kier molecular flexibility index (Phi) is 3.57. The molecule has 3 nitrogen and oxygen atoms in total. The van der Waals surface area contributed by atoms with E-state index in [1.165, 1.54) is 5.56 Å². The van der Waals surface area contributed by atoms with Gasteiger partial charge in [0.2, 0.25) is 0 Å². The molecule has 1 heterocycles.